The molecule has 0 aliphatic heterocycles. The molecule has 0 aliphatic carbocycles. The Hall–Kier alpha value is -4.40. The zero-order valence-corrected chi connectivity index (χ0v) is 26.5. The zero-order chi connectivity index (χ0) is 30.7. The van der Waals surface area contributed by atoms with Crippen molar-refractivity contribution in [3.8, 4) is 46.3 Å². The van der Waals surface area contributed by atoms with Crippen molar-refractivity contribution in [3.63, 3.8) is 0 Å². The van der Waals surface area contributed by atoms with E-state index < -0.39 is 0 Å². The molecule has 0 amide bonds. The summed E-state index contributed by atoms with van der Waals surface area (Å²) in [6.45, 7) is 6.03. The zero-order valence-electron chi connectivity index (χ0n) is 26.5. The van der Waals surface area contributed by atoms with Crippen LogP contribution in [0.15, 0.2) is 97.1 Å². The minimum atomic E-state index is 0.779. The van der Waals surface area contributed by atoms with E-state index in [1.54, 1.807) is 0 Å². The highest BCUT2D eigenvalue weighted by molar-refractivity contribution is 5.65. The van der Waals surface area contributed by atoms with Gasteiger partial charge in [-0.25, -0.2) is 0 Å². The third-order valence-electron chi connectivity index (χ3n) is 7.55. The van der Waals surface area contributed by atoms with Gasteiger partial charge in [0, 0.05) is 22.3 Å². The summed E-state index contributed by atoms with van der Waals surface area (Å²) in [7, 11) is 0. The van der Waals surface area contributed by atoms with Crippen molar-refractivity contribution in [1.29, 1.82) is 0 Å². The Morgan fingerprint density at radius 1 is 0.364 bits per heavy atom. The van der Waals surface area contributed by atoms with Gasteiger partial charge in [0.05, 0.1) is 13.2 Å². The highest BCUT2D eigenvalue weighted by Crippen LogP contribution is 2.21. The van der Waals surface area contributed by atoms with Gasteiger partial charge in [-0.1, -0.05) is 113 Å². The molecule has 0 heterocycles. The van der Waals surface area contributed by atoms with Gasteiger partial charge in [0.1, 0.15) is 11.5 Å². The van der Waals surface area contributed by atoms with E-state index in [0.29, 0.717) is 0 Å². The average molecular weight is 583 g/mol. The van der Waals surface area contributed by atoms with Crippen LogP contribution in [0.25, 0.3) is 11.1 Å². The van der Waals surface area contributed by atoms with Crippen molar-refractivity contribution in [2.75, 3.05) is 13.2 Å². The second-order valence-corrected chi connectivity index (χ2v) is 11.2. The summed E-state index contributed by atoms with van der Waals surface area (Å²) in [6.07, 6.45) is 12.4. The van der Waals surface area contributed by atoms with Crippen molar-refractivity contribution in [3.05, 3.63) is 119 Å². The van der Waals surface area contributed by atoms with Crippen LogP contribution in [0.3, 0.4) is 0 Å². The summed E-state index contributed by atoms with van der Waals surface area (Å²) < 4.78 is 11.7. The fraction of sp³-hybridized carbons (Fsp3) is 0.333. The molecule has 0 radical (unpaired) electrons. The third kappa shape index (κ3) is 11.7. The first kappa shape index (κ1) is 32.5. The van der Waals surface area contributed by atoms with Crippen molar-refractivity contribution in [2.45, 2.75) is 78.1 Å². The molecule has 4 aromatic carbocycles. The van der Waals surface area contributed by atoms with Crippen LogP contribution < -0.4 is 9.47 Å². The molecule has 2 heteroatoms. The smallest absolute Gasteiger partial charge is 0.119 e. The Balaban J connectivity index is 1.23. The first-order valence-electron chi connectivity index (χ1n) is 16.4. The minimum absolute atomic E-state index is 0.779. The van der Waals surface area contributed by atoms with Gasteiger partial charge in [-0.3, -0.25) is 0 Å². The van der Waals surface area contributed by atoms with E-state index in [1.807, 2.05) is 48.5 Å². The molecule has 0 saturated heterocycles. The Morgan fingerprint density at radius 2 is 0.659 bits per heavy atom. The molecule has 44 heavy (non-hydrogen) atoms. The molecule has 0 bridgehead atoms. The van der Waals surface area contributed by atoms with E-state index in [4.69, 9.17) is 9.47 Å². The molecular formula is C42H46O2. The SMILES string of the molecule is CCCCCCCOc1ccc(C#Cc2ccc(-c3ccc(C#Cc4ccc(OCCCCCCC)cc4)cc3)cc2)cc1. The van der Waals surface area contributed by atoms with Crippen molar-refractivity contribution >= 4 is 0 Å². The van der Waals surface area contributed by atoms with Crippen molar-refractivity contribution < 1.29 is 9.47 Å². The summed E-state index contributed by atoms with van der Waals surface area (Å²) in [5.74, 6) is 14.9. The van der Waals surface area contributed by atoms with Crippen molar-refractivity contribution in [2.24, 2.45) is 0 Å². The summed E-state index contributed by atoms with van der Waals surface area (Å²) in [5, 5.41) is 0. The molecule has 0 atom stereocenters. The number of unbranched alkanes of at least 4 members (excludes halogenated alkanes) is 8. The largest absolute Gasteiger partial charge is 0.494 e. The topological polar surface area (TPSA) is 18.5 Å². The van der Waals surface area contributed by atoms with Crippen LogP contribution in [0.2, 0.25) is 0 Å². The van der Waals surface area contributed by atoms with Crippen LogP contribution >= 0.6 is 0 Å². The number of ether oxygens (including phenoxy) is 2. The molecule has 226 valence electrons. The molecule has 4 aromatic rings. The van der Waals surface area contributed by atoms with E-state index in [1.165, 1.54) is 51.4 Å². The normalized spacial score (nSPS) is 10.3. The molecule has 0 saturated carbocycles. The molecule has 0 N–H and O–H groups in total. The molecular weight excluding hydrogens is 536 g/mol. The molecule has 0 spiro atoms. The van der Waals surface area contributed by atoms with Gasteiger partial charge in [-0.05, 0) is 96.8 Å². The standard InChI is InChI=1S/C42H46O2/c1-3-5-7-9-11-33-43-41-29-21-37(22-30-41)15-13-35-17-25-39(26-18-35)40-27-19-36(20-28-40)14-16-38-23-31-42(32-24-38)44-34-12-10-8-6-4-2/h17-32H,3-12,33-34H2,1-2H3. The monoisotopic (exact) mass is 582 g/mol. The van der Waals surface area contributed by atoms with Crippen LogP contribution in [0, 0.1) is 23.7 Å². The highest BCUT2D eigenvalue weighted by Gasteiger charge is 1.99. The minimum Gasteiger partial charge on any atom is -0.494 e. The van der Waals surface area contributed by atoms with Crippen LogP contribution in [-0.2, 0) is 0 Å². The van der Waals surface area contributed by atoms with Gasteiger partial charge in [0.25, 0.3) is 0 Å². The van der Waals surface area contributed by atoms with E-state index >= 15 is 0 Å². The second kappa shape index (κ2) is 19.0. The average Bonchev–Trinajstić information content (AvgIpc) is 3.07. The predicted octanol–water partition coefficient (Wildman–Crippen LogP) is 10.9. The van der Waals surface area contributed by atoms with Gasteiger partial charge in [-0.15, -0.1) is 0 Å². The Kier molecular flexibility index (Phi) is 14.0. The van der Waals surface area contributed by atoms with Gasteiger partial charge in [0.15, 0.2) is 0 Å². The molecule has 0 fully saturated rings. The molecule has 0 unspecified atom stereocenters. The first-order chi connectivity index (χ1) is 21.7. The molecule has 0 aliphatic rings. The van der Waals surface area contributed by atoms with Crippen LogP contribution in [0.5, 0.6) is 11.5 Å². The van der Waals surface area contributed by atoms with E-state index in [9.17, 15) is 0 Å². The van der Waals surface area contributed by atoms with Crippen LogP contribution in [0.1, 0.15) is 100 Å². The predicted molar refractivity (Wildman–Crippen MR) is 185 cm³/mol. The van der Waals surface area contributed by atoms with Gasteiger partial charge < -0.3 is 9.47 Å². The number of hydrogen-bond acceptors (Lipinski definition) is 2. The number of benzene rings is 4. The summed E-state index contributed by atoms with van der Waals surface area (Å²) >= 11 is 0. The first-order valence-corrected chi connectivity index (χ1v) is 16.4. The second-order valence-electron chi connectivity index (χ2n) is 11.2. The van der Waals surface area contributed by atoms with Crippen molar-refractivity contribution in [1.82, 2.24) is 0 Å². The quantitative estimate of drug-likeness (QED) is 0.103. The lowest BCUT2D eigenvalue weighted by Crippen LogP contribution is -1.97. The lowest BCUT2D eigenvalue weighted by Gasteiger charge is -2.06. The summed E-state index contributed by atoms with van der Waals surface area (Å²) in [5.41, 5.74) is 6.27. The van der Waals surface area contributed by atoms with E-state index in [-0.39, 0.29) is 0 Å². The molecule has 0 aromatic heterocycles. The maximum absolute atomic E-state index is 5.87. The summed E-state index contributed by atoms with van der Waals surface area (Å²) in [6, 6.07) is 32.9. The van der Waals surface area contributed by atoms with Gasteiger partial charge >= 0.3 is 0 Å². The van der Waals surface area contributed by atoms with Gasteiger partial charge in [0.2, 0.25) is 0 Å². The summed E-state index contributed by atoms with van der Waals surface area (Å²) in [4.78, 5) is 0. The molecule has 4 rings (SSSR count). The fourth-order valence-corrected chi connectivity index (χ4v) is 4.84. The lowest BCUT2D eigenvalue weighted by molar-refractivity contribution is 0.304. The Labute approximate surface area is 265 Å². The lowest BCUT2D eigenvalue weighted by atomic mass is 10.0. The highest BCUT2D eigenvalue weighted by atomic mass is 16.5. The maximum atomic E-state index is 5.87. The van der Waals surface area contributed by atoms with E-state index in [2.05, 4.69) is 86.1 Å². The van der Waals surface area contributed by atoms with Crippen LogP contribution in [0.4, 0.5) is 0 Å². The van der Waals surface area contributed by atoms with Gasteiger partial charge in [-0.2, -0.15) is 0 Å². The Morgan fingerprint density at radius 3 is 0.977 bits per heavy atom. The molecule has 2 nitrogen and oxygen atoms in total. The fourth-order valence-electron chi connectivity index (χ4n) is 4.84. The number of hydrogen-bond donors (Lipinski definition) is 0. The number of rotatable bonds is 15. The maximum Gasteiger partial charge on any atom is 0.119 e. The third-order valence-corrected chi connectivity index (χ3v) is 7.55. The van der Waals surface area contributed by atoms with Crippen LogP contribution in [-0.4, -0.2) is 13.2 Å². The Bertz CT molecular complexity index is 1370. The van der Waals surface area contributed by atoms with E-state index in [0.717, 1.165) is 70.9 Å².